The van der Waals surface area contributed by atoms with Crippen molar-refractivity contribution in [2.24, 2.45) is 0 Å². The standard InChI is InChI=1S/C20H25N7/c1-13-7-8-16(10-17(13)22-15-5-3-4-6-15)23-19-11-21-12-20(25-19)24-18-9-14(2)26-27-18/h7-12,15,22H,3-6H2,1-2H3,(H3,23,24,25,26,27). The molecule has 4 N–H and O–H groups in total. The monoisotopic (exact) mass is 363 g/mol. The predicted octanol–water partition coefficient (Wildman–Crippen LogP) is 4.66. The largest absolute Gasteiger partial charge is 0.382 e. The van der Waals surface area contributed by atoms with E-state index in [0.29, 0.717) is 17.7 Å². The molecule has 0 bridgehead atoms. The summed E-state index contributed by atoms with van der Waals surface area (Å²) in [5.41, 5.74) is 4.41. The number of aryl methyl sites for hydroxylation is 2. The molecular weight excluding hydrogens is 338 g/mol. The van der Waals surface area contributed by atoms with Gasteiger partial charge in [0.15, 0.2) is 17.5 Å². The number of rotatable bonds is 6. The van der Waals surface area contributed by atoms with Gasteiger partial charge in [-0.3, -0.25) is 10.1 Å². The number of H-pyrrole nitrogens is 1. The highest BCUT2D eigenvalue weighted by Crippen LogP contribution is 2.27. The Balaban J connectivity index is 1.47. The predicted molar refractivity (Wildman–Crippen MR) is 109 cm³/mol. The quantitative estimate of drug-likeness (QED) is 0.509. The van der Waals surface area contributed by atoms with Crippen LogP contribution in [0.4, 0.5) is 28.8 Å². The first kappa shape index (κ1) is 17.3. The van der Waals surface area contributed by atoms with Gasteiger partial charge in [0.25, 0.3) is 0 Å². The minimum atomic E-state index is 0.587. The van der Waals surface area contributed by atoms with Crippen LogP contribution < -0.4 is 16.0 Å². The fourth-order valence-electron chi connectivity index (χ4n) is 3.39. The molecule has 1 aliphatic carbocycles. The fourth-order valence-corrected chi connectivity index (χ4v) is 3.39. The SMILES string of the molecule is Cc1cc(Nc2cncc(Nc3ccc(C)c(NC4CCCC4)c3)n2)n[nH]1. The number of hydrogen-bond acceptors (Lipinski definition) is 6. The minimum absolute atomic E-state index is 0.587. The van der Waals surface area contributed by atoms with E-state index >= 15 is 0 Å². The van der Waals surface area contributed by atoms with Crippen LogP contribution in [-0.4, -0.2) is 26.2 Å². The molecule has 7 nitrogen and oxygen atoms in total. The number of benzene rings is 1. The maximum Gasteiger partial charge on any atom is 0.153 e. The van der Waals surface area contributed by atoms with Crippen LogP contribution in [0.2, 0.25) is 0 Å². The van der Waals surface area contributed by atoms with E-state index in [2.05, 4.69) is 61.2 Å². The van der Waals surface area contributed by atoms with Crippen LogP contribution in [0.5, 0.6) is 0 Å². The highest BCUT2D eigenvalue weighted by Gasteiger charge is 2.15. The van der Waals surface area contributed by atoms with Crippen molar-refractivity contribution in [3.05, 3.63) is 47.9 Å². The molecule has 0 radical (unpaired) electrons. The van der Waals surface area contributed by atoms with Gasteiger partial charge in [-0.15, -0.1) is 0 Å². The highest BCUT2D eigenvalue weighted by molar-refractivity contribution is 5.66. The van der Waals surface area contributed by atoms with Gasteiger partial charge < -0.3 is 16.0 Å². The van der Waals surface area contributed by atoms with Gasteiger partial charge in [-0.2, -0.15) is 5.10 Å². The lowest BCUT2D eigenvalue weighted by molar-refractivity contribution is 0.754. The highest BCUT2D eigenvalue weighted by atomic mass is 15.2. The minimum Gasteiger partial charge on any atom is -0.382 e. The molecule has 3 aromatic rings. The van der Waals surface area contributed by atoms with Crippen LogP contribution in [-0.2, 0) is 0 Å². The lowest BCUT2D eigenvalue weighted by atomic mass is 10.1. The molecule has 0 aliphatic heterocycles. The van der Waals surface area contributed by atoms with Gasteiger partial charge in [-0.25, -0.2) is 4.98 Å². The third-order valence-corrected chi connectivity index (χ3v) is 4.82. The molecular formula is C20H25N7. The van der Waals surface area contributed by atoms with Gasteiger partial charge >= 0.3 is 0 Å². The molecule has 0 unspecified atom stereocenters. The van der Waals surface area contributed by atoms with E-state index in [4.69, 9.17) is 0 Å². The maximum atomic E-state index is 4.57. The number of anilines is 5. The Morgan fingerprint density at radius 1 is 0.963 bits per heavy atom. The van der Waals surface area contributed by atoms with E-state index < -0.39 is 0 Å². The molecule has 4 rings (SSSR count). The van der Waals surface area contributed by atoms with E-state index in [0.717, 1.165) is 17.2 Å². The van der Waals surface area contributed by atoms with Gasteiger partial charge in [0.2, 0.25) is 0 Å². The molecule has 140 valence electrons. The van der Waals surface area contributed by atoms with E-state index in [1.165, 1.54) is 36.9 Å². The molecule has 1 fully saturated rings. The molecule has 1 aromatic carbocycles. The van der Waals surface area contributed by atoms with E-state index in [1.807, 2.05) is 13.0 Å². The Hall–Kier alpha value is -3.09. The molecule has 0 saturated heterocycles. The van der Waals surface area contributed by atoms with Gasteiger partial charge in [0.05, 0.1) is 12.4 Å². The normalized spacial score (nSPS) is 14.3. The second-order valence-electron chi connectivity index (χ2n) is 7.13. The second kappa shape index (κ2) is 7.65. The second-order valence-corrected chi connectivity index (χ2v) is 7.13. The summed E-state index contributed by atoms with van der Waals surface area (Å²) in [6, 6.07) is 8.84. The Morgan fingerprint density at radius 3 is 2.48 bits per heavy atom. The van der Waals surface area contributed by atoms with Crippen LogP contribution in [0.15, 0.2) is 36.7 Å². The number of nitrogens with zero attached hydrogens (tertiary/aromatic N) is 3. The maximum absolute atomic E-state index is 4.57. The van der Waals surface area contributed by atoms with Crippen LogP contribution in [0.1, 0.15) is 36.9 Å². The number of aromatic nitrogens is 4. The third-order valence-electron chi connectivity index (χ3n) is 4.82. The molecule has 0 atom stereocenters. The van der Waals surface area contributed by atoms with Crippen molar-refractivity contribution in [3.8, 4) is 0 Å². The molecule has 1 aliphatic rings. The summed E-state index contributed by atoms with van der Waals surface area (Å²) < 4.78 is 0. The van der Waals surface area contributed by atoms with E-state index in [1.54, 1.807) is 12.4 Å². The Labute approximate surface area is 159 Å². The van der Waals surface area contributed by atoms with Crippen molar-refractivity contribution in [2.45, 2.75) is 45.6 Å². The van der Waals surface area contributed by atoms with Crippen LogP contribution in [0.25, 0.3) is 0 Å². The average molecular weight is 363 g/mol. The van der Waals surface area contributed by atoms with Gasteiger partial charge in [0.1, 0.15) is 0 Å². The first-order valence-corrected chi connectivity index (χ1v) is 9.41. The summed E-state index contributed by atoms with van der Waals surface area (Å²) in [5.74, 6) is 2.04. The summed E-state index contributed by atoms with van der Waals surface area (Å²) in [4.78, 5) is 8.83. The summed E-state index contributed by atoms with van der Waals surface area (Å²) in [6.45, 7) is 4.09. The molecule has 1 saturated carbocycles. The first-order chi connectivity index (χ1) is 13.2. The lowest BCUT2D eigenvalue weighted by Gasteiger charge is -2.17. The van der Waals surface area contributed by atoms with Crippen molar-refractivity contribution in [1.82, 2.24) is 20.2 Å². The number of aromatic amines is 1. The van der Waals surface area contributed by atoms with E-state index in [9.17, 15) is 0 Å². The Bertz CT molecular complexity index is 912. The van der Waals surface area contributed by atoms with Crippen molar-refractivity contribution < 1.29 is 0 Å². The van der Waals surface area contributed by atoms with Crippen molar-refractivity contribution >= 4 is 28.8 Å². The zero-order valence-electron chi connectivity index (χ0n) is 15.7. The summed E-state index contributed by atoms with van der Waals surface area (Å²) in [7, 11) is 0. The number of hydrogen-bond donors (Lipinski definition) is 4. The molecule has 7 heteroatoms. The fraction of sp³-hybridized carbons (Fsp3) is 0.350. The number of nitrogens with one attached hydrogen (secondary N) is 4. The van der Waals surface area contributed by atoms with Gasteiger partial charge in [-0.1, -0.05) is 18.9 Å². The van der Waals surface area contributed by atoms with Crippen molar-refractivity contribution in [2.75, 3.05) is 16.0 Å². The van der Waals surface area contributed by atoms with Crippen LogP contribution in [0, 0.1) is 13.8 Å². The van der Waals surface area contributed by atoms with Gasteiger partial charge in [-0.05, 0) is 44.4 Å². The molecule has 2 heterocycles. The molecule has 2 aromatic heterocycles. The Morgan fingerprint density at radius 2 is 1.74 bits per heavy atom. The third kappa shape index (κ3) is 4.36. The molecule has 27 heavy (non-hydrogen) atoms. The average Bonchev–Trinajstić information content (AvgIpc) is 3.30. The lowest BCUT2D eigenvalue weighted by Crippen LogP contribution is -2.15. The zero-order valence-corrected chi connectivity index (χ0v) is 15.7. The van der Waals surface area contributed by atoms with Crippen LogP contribution >= 0.6 is 0 Å². The Kier molecular flexibility index (Phi) is 4.91. The van der Waals surface area contributed by atoms with Gasteiger partial charge in [0, 0.05) is 29.2 Å². The van der Waals surface area contributed by atoms with Crippen molar-refractivity contribution in [3.63, 3.8) is 0 Å². The molecule has 0 spiro atoms. The zero-order chi connectivity index (χ0) is 18.6. The van der Waals surface area contributed by atoms with Crippen LogP contribution in [0.3, 0.4) is 0 Å². The van der Waals surface area contributed by atoms with E-state index in [-0.39, 0.29) is 0 Å². The summed E-state index contributed by atoms with van der Waals surface area (Å²) >= 11 is 0. The first-order valence-electron chi connectivity index (χ1n) is 9.41. The topological polar surface area (TPSA) is 90.6 Å². The summed E-state index contributed by atoms with van der Waals surface area (Å²) in [5, 5.41) is 17.2. The molecule has 0 amide bonds. The smallest absolute Gasteiger partial charge is 0.153 e. The summed E-state index contributed by atoms with van der Waals surface area (Å²) in [6.07, 6.45) is 8.54. The van der Waals surface area contributed by atoms with Crippen molar-refractivity contribution in [1.29, 1.82) is 0 Å².